The summed E-state index contributed by atoms with van der Waals surface area (Å²) >= 11 is 0. The molecule has 0 fully saturated rings. The summed E-state index contributed by atoms with van der Waals surface area (Å²) in [5, 5.41) is 2.78. The number of halogens is 1. The largest absolute Gasteiger partial charge is 0.496 e. The molecular weight excluding hydrogens is 397 g/mol. The third-order valence-electron chi connectivity index (χ3n) is 4.87. The molecule has 0 spiro atoms. The standard InChI is InChI=1S/C23H20FN5O2/c1-3-18-19-10-11-26-23(25)29(19)21(28-18)15-6-4-14(5-7-15)13-27-22(30)17-12-16(24)8-9-20(17)31-2/h3-12H,1,13H2,2H3,(H2,25,26)(H,27,30). The Morgan fingerprint density at radius 3 is 2.74 bits per heavy atom. The van der Waals surface area contributed by atoms with E-state index in [1.54, 1.807) is 16.7 Å². The van der Waals surface area contributed by atoms with Gasteiger partial charge in [0.1, 0.15) is 17.4 Å². The number of nitrogen functional groups attached to an aromatic ring is 1. The van der Waals surface area contributed by atoms with Crippen molar-refractivity contribution in [2.45, 2.75) is 6.54 Å². The number of nitrogens with one attached hydrogen (secondary N) is 1. The van der Waals surface area contributed by atoms with Gasteiger partial charge < -0.3 is 15.8 Å². The zero-order valence-electron chi connectivity index (χ0n) is 16.8. The lowest BCUT2D eigenvalue weighted by molar-refractivity contribution is 0.0947. The molecule has 0 aliphatic heterocycles. The van der Waals surface area contributed by atoms with Crippen LogP contribution < -0.4 is 15.8 Å². The quantitative estimate of drug-likeness (QED) is 0.499. The highest BCUT2D eigenvalue weighted by molar-refractivity contribution is 5.96. The number of hydrogen-bond donors (Lipinski definition) is 2. The number of benzene rings is 2. The smallest absolute Gasteiger partial charge is 0.255 e. The van der Waals surface area contributed by atoms with E-state index in [0.29, 0.717) is 23.2 Å². The van der Waals surface area contributed by atoms with E-state index in [9.17, 15) is 9.18 Å². The van der Waals surface area contributed by atoms with Crippen molar-refractivity contribution in [1.29, 1.82) is 0 Å². The molecule has 8 heteroatoms. The first-order valence-electron chi connectivity index (χ1n) is 9.48. The molecule has 0 saturated carbocycles. The number of methoxy groups -OCH3 is 1. The summed E-state index contributed by atoms with van der Waals surface area (Å²) in [6, 6.07) is 13.2. The number of rotatable bonds is 6. The molecule has 0 bridgehead atoms. The van der Waals surface area contributed by atoms with Crippen LogP contribution in [0.4, 0.5) is 10.3 Å². The minimum absolute atomic E-state index is 0.142. The number of ether oxygens (including phenoxy) is 1. The molecule has 2 aromatic heterocycles. The van der Waals surface area contributed by atoms with E-state index in [4.69, 9.17) is 10.5 Å². The first-order chi connectivity index (χ1) is 15.0. The number of aromatic nitrogens is 3. The van der Waals surface area contributed by atoms with Crippen LogP contribution in [0, 0.1) is 5.82 Å². The summed E-state index contributed by atoms with van der Waals surface area (Å²) in [6.45, 7) is 4.07. The van der Waals surface area contributed by atoms with E-state index in [1.807, 2.05) is 30.3 Å². The van der Waals surface area contributed by atoms with Gasteiger partial charge in [-0.2, -0.15) is 0 Å². The van der Waals surface area contributed by atoms with Gasteiger partial charge in [-0.15, -0.1) is 0 Å². The Balaban J connectivity index is 1.55. The Labute approximate surface area is 178 Å². The van der Waals surface area contributed by atoms with E-state index in [2.05, 4.69) is 21.9 Å². The van der Waals surface area contributed by atoms with Crippen LogP contribution in [0.1, 0.15) is 21.6 Å². The summed E-state index contributed by atoms with van der Waals surface area (Å²) in [7, 11) is 1.43. The highest BCUT2D eigenvalue weighted by Crippen LogP contribution is 2.26. The number of nitrogens with zero attached hydrogens (tertiary/aromatic N) is 3. The van der Waals surface area contributed by atoms with Gasteiger partial charge in [-0.05, 0) is 35.9 Å². The van der Waals surface area contributed by atoms with Crippen LogP contribution in [0.3, 0.4) is 0 Å². The lowest BCUT2D eigenvalue weighted by Gasteiger charge is -2.10. The third kappa shape index (κ3) is 3.83. The number of carbonyl (C=O) groups is 1. The zero-order valence-corrected chi connectivity index (χ0v) is 16.8. The van der Waals surface area contributed by atoms with Gasteiger partial charge in [0.25, 0.3) is 5.91 Å². The van der Waals surface area contributed by atoms with Crippen LogP contribution in [-0.2, 0) is 6.54 Å². The molecule has 0 aliphatic rings. The minimum atomic E-state index is -0.505. The third-order valence-corrected chi connectivity index (χ3v) is 4.87. The molecule has 1 amide bonds. The maximum Gasteiger partial charge on any atom is 0.255 e. The van der Waals surface area contributed by atoms with Crippen molar-refractivity contribution in [3.63, 3.8) is 0 Å². The van der Waals surface area contributed by atoms with E-state index in [1.165, 1.54) is 19.2 Å². The summed E-state index contributed by atoms with van der Waals surface area (Å²) in [5.74, 6) is 0.359. The molecule has 0 radical (unpaired) electrons. The van der Waals surface area contributed by atoms with Crippen LogP contribution in [0.25, 0.3) is 23.0 Å². The van der Waals surface area contributed by atoms with Crippen LogP contribution >= 0.6 is 0 Å². The lowest BCUT2D eigenvalue weighted by Crippen LogP contribution is -2.23. The molecule has 0 aliphatic carbocycles. The Hall–Kier alpha value is -4.20. The maximum atomic E-state index is 13.5. The van der Waals surface area contributed by atoms with Crippen molar-refractivity contribution in [1.82, 2.24) is 19.7 Å². The SMILES string of the molecule is C=Cc1nc(-c2ccc(CNC(=O)c3cc(F)ccc3OC)cc2)n2c(N)nccc12. The van der Waals surface area contributed by atoms with Gasteiger partial charge in [0.15, 0.2) is 0 Å². The number of anilines is 1. The second kappa shape index (κ2) is 8.27. The number of hydrogen-bond acceptors (Lipinski definition) is 5. The molecule has 4 rings (SSSR count). The van der Waals surface area contributed by atoms with Gasteiger partial charge in [0.05, 0.1) is 23.9 Å². The van der Waals surface area contributed by atoms with Gasteiger partial charge in [-0.3, -0.25) is 9.20 Å². The van der Waals surface area contributed by atoms with Gasteiger partial charge in [-0.25, -0.2) is 14.4 Å². The molecule has 3 N–H and O–H groups in total. The number of carbonyl (C=O) groups excluding carboxylic acids is 1. The Kier molecular flexibility index (Phi) is 5.36. The van der Waals surface area contributed by atoms with Crippen molar-refractivity contribution in [3.8, 4) is 17.1 Å². The molecule has 7 nitrogen and oxygen atoms in total. The Morgan fingerprint density at radius 1 is 1.26 bits per heavy atom. The monoisotopic (exact) mass is 417 g/mol. The van der Waals surface area contributed by atoms with Crippen molar-refractivity contribution in [2.75, 3.05) is 12.8 Å². The van der Waals surface area contributed by atoms with Gasteiger partial charge in [-0.1, -0.05) is 30.8 Å². The van der Waals surface area contributed by atoms with Gasteiger partial charge in [0.2, 0.25) is 5.95 Å². The van der Waals surface area contributed by atoms with Crippen LogP contribution in [-0.4, -0.2) is 27.4 Å². The van der Waals surface area contributed by atoms with Gasteiger partial charge in [0, 0.05) is 18.3 Å². The lowest BCUT2D eigenvalue weighted by atomic mass is 10.1. The number of nitrogens with two attached hydrogens (primary N) is 1. The fourth-order valence-electron chi connectivity index (χ4n) is 3.33. The average Bonchev–Trinajstić information content (AvgIpc) is 3.18. The normalized spacial score (nSPS) is 10.8. The first-order valence-corrected chi connectivity index (χ1v) is 9.48. The summed E-state index contributed by atoms with van der Waals surface area (Å²) in [5.41, 5.74) is 9.43. The molecular formula is C23H20FN5O2. The first kappa shape index (κ1) is 20.1. The molecule has 4 aromatic rings. The number of amides is 1. The summed E-state index contributed by atoms with van der Waals surface area (Å²) in [4.78, 5) is 21.2. The average molecular weight is 417 g/mol. The van der Waals surface area contributed by atoms with Crippen molar-refractivity contribution in [2.24, 2.45) is 0 Å². The van der Waals surface area contributed by atoms with E-state index < -0.39 is 11.7 Å². The fourth-order valence-corrected chi connectivity index (χ4v) is 3.33. The topological polar surface area (TPSA) is 94.5 Å². The van der Waals surface area contributed by atoms with Crippen LogP contribution in [0.5, 0.6) is 5.75 Å². The molecule has 0 saturated heterocycles. The van der Waals surface area contributed by atoms with E-state index in [0.717, 1.165) is 22.7 Å². The molecule has 31 heavy (non-hydrogen) atoms. The highest BCUT2D eigenvalue weighted by Gasteiger charge is 2.15. The molecule has 2 aromatic carbocycles. The number of fused-ring (bicyclic) bond motifs is 1. The molecule has 156 valence electrons. The summed E-state index contributed by atoms with van der Waals surface area (Å²) in [6.07, 6.45) is 3.30. The second-order valence-corrected chi connectivity index (χ2v) is 6.77. The fraction of sp³-hybridized carbons (Fsp3) is 0.0870. The maximum absolute atomic E-state index is 13.5. The molecule has 0 unspecified atom stereocenters. The van der Waals surface area contributed by atoms with E-state index >= 15 is 0 Å². The van der Waals surface area contributed by atoms with E-state index in [-0.39, 0.29) is 12.1 Å². The minimum Gasteiger partial charge on any atom is -0.496 e. The summed E-state index contributed by atoms with van der Waals surface area (Å²) < 4.78 is 20.4. The van der Waals surface area contributed by atoms with Crippen molar-refractivity contribution < 1.29 is 13.9 Å². The Morgan fingerprint density at radius 2 is 2.03 bits per heavy atom. The highest BCUT2D eigenvalue weighted by atomic mass is 19.1. The molecule has 2 heterocycles. The van der Waals surface area contributed by atoms with Crippen LogP contribution in [0.2, 0.25) is 0 Å². The Bertz CT molecular complexity index is 1280. The van der Waals surface area contributed by atoms with Gasteiger partial charge >= 0.3 is 0 Å². The predicted octanol–water partition coefficient (Wildman–Crippen LogP) is 3.70. The molecule has 0 atom stereocenters. The second-order valence-electron chi connectivity index (χ2n) is 6.77. The van der Waals surface area contributed by atoms with Crippen molar-refractivity contribution >= 4 is 23.4 Å². The van der Waals surface area contributed by atoms with Crippen molar-refractivity contribution in [3.05, 3.63) is 83.9 Å². The predicted molar refractivity (Wildman–Crippen MR) is 117 cm³/mol. The zero-order chi connectivity index (χ0) is 22.0. The number of imidazole rings is 1. The van der Waals surface area contributed by atoms with Crippen LogP contribution in [0.15, 0.2) is 61.3 Å².